The Morgan fingerprint density at radius 2 is 1.69 bits per heavy atom. The van der Waals surface area contributed by atoms with Gasteiger partial charge in [-0.1, -0.05) is 30.3 Å². The Labute approximate surface area is 149 Å². The summed E-state index contributed by atoms with van der Waals surface area (Å²) >= 11 is 0. The van der Waals surface area contributed by atoms with E-state index in [1.165, 1.54) is 0 Å². The molecule has 0 aliphatic heterocycles. The topological polar surface area (TPSA) is 75.3 Å². The monoisotopic (exact) mass is 386 g/mol. The highest BCUT2D eigenvalue weighted by Crippen LogP contribution is 2.32. The minimum Gasteiger partial charge on any atom is -0.346 e. The van der Waals surface area contributed by atoms with Crippen LogP contribution >= 0.6 is 0 Å². The van der Waals surface area contributed by atoms with Gasteiger partial charge in [-0.25, -0.2) is 8.42 Å². The number of carbonyl (C=O) groups is 1. The molecule has 0 saturated carbocycles. The van der Waals surface area contributed by atoms with Crippen molar-refractivity contribution >= 4 is 21.6 Å². The summed E-state index contributed by atoms with van der Waals surface area (Å²) in [6, 6.07) is 10.8. The van der Waals surface area contributed by atoms with Gasteiger partial charge in [0, 0.05) is 11.3 Å². The van der Waals surface area contributed by atoms with Crippen molar-refractivity contribution in [2.24, 2.45) is 0 Å². The predicted molar refractivity (Wildman–Crippen MR) is 92.2 cm³/mol. The molecule has 1 amide bonds. The summed E-state index contributed by atoms with van der Waals surface area (Å²) in [5, 5.41) is 2.60. The van der Waals surface area contributed by atoms with Crippen LogP contribution in [0.15, 0.2) is 48.5 Å². The van der Waals surface area contributed by atoms with E-state index in [4.69, 9.17) is 0 Å². The zero-order valence-electron chi connectivity index (χ0n) is 14.0. The van der Waals surface area contributed by atoms with Crippen molar-refractivity contribution in [2.45, 2.75) is 19.1 Å². The molecule has 2 rings (SSSR count). The molecule has 0 radical (unpaired) electrons. The van der Waals surface area contributed by atoms with E-state index in [9.17, 15) is 26.4 Å². The molecule has 140 valence electrons. The molecule has 0 fully saturated rings. The zero-order valence-corrected chi connectivity index (χ0v) is 14.8. The van der Waals surface area contributed by atoms with E-state index in [0.717, 1.165) is 17.9 Å². The number of hydrogen-bond acceptors (Lipinski definition) is 3. The van der Waals surface area contributed by atoms with Gasteiger partial charge in [0.2, 0.25) is 10.0 Å². The number of carbonyl (C=O) groups excluding carboxylic acids is 1. The van der Waals surface area contributed by atoms with Crippen molar-refractivity contribution in [2.75, 3.05) is 11.0 Å². The molecule has 0 heterocycles. The molecule has 26 heavy (non-hydrogen) atoms. The molecule has 5 nitrogen and oxygen atoms in total. The first-order chi connectivity index (χ1) is 12.0. The Bertz CT molecular complexity index is 897. The van der Waals surface area contributed by atoms with Crippen molar-refractivity contribution in [3.05, 3.63) is 65.2 Å². The number of rotatable bonds is 5. The first-order valence-electron chi connectivity index (χ1n) is 7.51. The minimum atomic E-state index is -4.73. The molecular weight excluding hydrogens is 369 g/mol. The number of alkyl halides is 3. The fourth-order valence-electron chi connectivity index (χ4n) is 2.30. The Morgan fingerprint density at radius 3 is 2.23 bits per heavy atom. The Hall–Kier alpha value is -2.55. The Morgan fingerprint density at radius 1 is 1.08 bits per heavy atom. The second-order valence-corrected chi connectivity index (χ2v) is 7.53. The summed E-state index contributed by atoms with van der Waals surface area (Å²) in [5.74, 6) is -0.746. The lowest BCUT2D eigenvalue weighted by atomic mass is 10.1. The minimum absolute atomic E-state index is 0.297. The van der Waals surface area contributed by atoms with Crippen molar-refractivity contribution in [3.63, 3.8) is 0 Å². The third-order valence-corrected chi connectivity index (χ3v) is 4.08. The molecule has 0 bridgehead atoms. The summed E-state index contributed by atoms with van der Waals surface area (Å²) in [6.45, 7) is 1.69. The number of sulfonamides is 1. The molecule has 0 spiro atoms. The lowest BCUT2D eigenvalue weighted by Crippen LogP contribution is -2.27. The lowest BCUT2D eigenvalue weighted by molar-refractivity contribution is -0.137. The number of halogens is 3. The van der Waals surface area contributed by atoms with Gasteiger partial charge in [0.1, 0.15) is 0 Å². The molecule has 0 aliphatic rings. The van der Waals surface area contributed by atoms with Gasteiger partial charge in [0.25, 0.3) is 5.91 Å². The molecule has 0 aromatic heterocycles. The molecule has 1 atom stereocenters. The first-order valence-corrected chi connectivity index (χ1v) is 9.41. The summed E-state index contributed by atoms with van der Waals surface area (Å²) in [4.78, 5) is 12.4. The highest BCUT2D eigenvalue weighted by molar-refractivity contribution is 7.92. The van der Waals surface area contributed by atoms with Crippen LogP contribution in [0.25, 0.3) is 0 Å². The third-order valence-electron chi connectivity index (χ3n) is 3.47. The van der Waals surface area contributed by atoms with Gasteiger partial charge in [0.15, 0.2) is 0 Å². The second-order valence-electron chi connectivity index (χ2n) is 5.78. The normalized spacial score (nSPS) is 13.1. The van der Waals surface area contributed by atoms with Gasteiger partial charge in [-0.05, 0) is 30.7 Å². The molecule has 2 aromatic carbocycles. The van der Waals surface area contributed by atoms with Crippen molar-refractivity contribution in [3.8, 4) is 0 Å². The Balaban J connectivity index is 2.34. The quantitative estimate of drug-likeness (QED) is 0.825. The fraction of sp³-hybridized carbons (Fsp3) is 0.235. The molecule has 0 aliphatic carbocycles. The molecule has 9 heteroatoms. The molecule has 0 saturated heterocycles. The van der Waals surface area contributed by atoms with Crippen LogP contribution in [0.4, 0.5) is 18.9 Å². The number of amides is 1. The summed E-state index contributed by atoms with van der Waals surface area (Å²) in [6.07, 6.45) is -3.92. The van der Waals surface area contributed by atoms with Crippen LogP contribution < -0.4 is 10.0 Å². The van der Waals surface area contributed by atoms with Crippen LogP contribution in [0.2, 0.25) is 0 Å². The van der Waals surface area contributed by atoms with Gasteiger partial charge < -0.3 is 5.32 Å². The first kappa shape index (κ1) is 19.8. The van der Waals surface area contributed by atoms with Crippen molar-refractivity contribution in [1.29, 1.82) is 0 Å². The van der Waals surface area contributed by atoms with E-state index >= 15 is 0 Å². The fourth-order valence-corrected chi connectivity index (χ4v) is 2.85. The number of benzene rings is 2. The van der Waals surface area contributed by atoms with E-state index < -0.39 is 33.7 Å². The van der Waals surface area contributed by atoms with Crippen LogP contribution in [0.5, 0.6) is 0 Å². The van der Waals surface area contributed by atoms with E-state index in [0.29, 0.717) is 12.1 Å². The van der Waals surface area contributed by atoms with Crippen LogP contribution in [0.1, 0.15) is 34.5 Å². The Kier molecular flexibility index (Phi) is 5.60. The highest BCUT2D eigenvalue weighted by atomic mass is 32.2. The molecule has 0 unspecified atom stereocenters. The van der Waals surface area contributed by atoms with Gasteiger partial charge in [0.05, 0.1) is 17.9 Å². The van der Waals surface area contributed by atoms with E-state index in [-0.39, 0.29) is 11.3 Å². The average Bonchev–Trinajstić information content (AvgIpc) is 2.52. The highest BCUT2D eigenvalue weighted by Gasteiger charge is 2.32. The number of hydrogen-bond donors (Lipinski definition) is 2. The SMILES string of the molecule is C[C@H](NC(=O)c1cc(NS(C)(=O)=O)cc(C(F)(F)F)c1)c1ccccc1. The maximum absolute atomic E-state index is 13.1. The smallest absolute Gasteiger partial charge is 0.346 e. The molecular formula is C17H17F3N2O3S. The average molecular weight is 386 g/mol. The zero-order chi connectivity index (χ0) is 19.5. The van der Waals surface area contributed by atoms with Crippen LogP contribution in [-0.2, 0) is 16.2 Å². The summed E-state index contributed by atoms with van der Waals surface area (Å²) < 4.78 is 63.8. The van der Waals surface area contributed by atoms with Gasteiger partial charge in [-0.15, -0.1) is 0 Å². The van der Waals surface area contributed by atoms with Crippen LogP contribution in [0.3, 0.4) is 0 Å². The van der Waals surface area contributed by atoms with Crippen molar-refractivity contribution in [1.82, 2.24) is 5.32 Å². The molecule has 2 N–H and O–H groups in total. The third kappa shape index (κ3) is 5.48. The van der Waals surface area contributed by atoms with Gasteiger partial charge in [-0.2, -0.15) is 13.2 Å². The number of anilines is 1. The van der Waals surface area contributed by atoms with Gasteiger partial charge in [-0.3, -0.25) is 9.52 Å². The summed E-state index contributed by atoms with van der Waals surface area (Å²) in [7, 11) is -3.80. The summed E-state index contributed by atoms with van der Waals surface area (Å²) in [5.41, 5.74) is -0.973. The van der Waals surface area contributed by atoms with Gasteiger partial charge >= 0.3 is 6.18 Å². The van der Waals surface area contributed by atoms with Crippen LogP contribution in [0, 0.1) is 0 Å². The standard InChI is InChI=1S/C17H17F3N2O3S/c1-11(12-6-4-3-5-7-12)21-16(23)13-8-14(17(18,19)20)10-15(9-13)22-26(2,24)25/h3-11,22H,1-2H3,(H,21,23)/t11-/m0/s1. The molecule has 2 aromatic rings. The lowest BCUT2D eigenvalue weighted by Gasteiger charge is -2.16. The van der Waals surface area contributed by atoms with E-state index in [1.54, 1.807) is 37.3 Å². The predicted octanol–water partition coefficient (Wildman–Crippen LogP) is 3.57. The van der Waals surface area contributed by atoms with Crippen molar-refractivity contribution < 1.29 is 26.4 Å². The second kappa shape index (κ2) is 7.36. The van der Waals surface area contributed by atoms with Crippen LogP contribution in [-0.4, -0.2) is 20.6 Å². The van der Waals surface area contributed by atoms with E-state index in [2.05, 4.69) is 5.32 Å². The maximum atomic E-state index is 13.1. The largest absolute Gasteiger partial charge is 0.416 e. The van der Waals surface area contributed by atoms with E-state index in [1.807, 2.05) is 4.72 Å². The maximum Gasteiger partial charge on any atom is 0.416 e. The number of nitrogens with one attached hydrogen (secondary N) is 2.